The number of nitrogens with zero attached hydrogens (tertiary/aromatic N) is 1. The largest absolute Gasteiger partial charge is 0.496 e. The van der Waals surface area contributed by atoms with Gasteiger partial charge in [-0.15, -0.1) is 0 Å². The fraction of sp³-hybridized carbons (Fsp3) is 0.480. The molecule has 0 bridgehead atoms. The third kappa shape index (κ3) is 5.08. The molecule has 1 fully saturated rings. The van der Waals surface area contributed by atoms with Crippen molar-refractivity contribution in [2.75, 3.05) is 33.4 Å². The SMILES string of the molecule is CCC(NC(=O)c1cc(S(=O)(=O)N2CCOCC2)ccc1OC)c1ccc2c(c1)CCCC2. The molecule has 0 aromatic heterocycles. The van der Waals surface area contributed by atoms with Gasteiger partial charge in [-0.25, -0.2) is 8.42 Å². The number of carbonyl (C=O) groups excluding carboxylic acids is 1. The van der Waals surface area contributed by atoms with E-state index in [2.05, 4.69) is 23.5 Å². The van der Waals surface area contributed by atoms with Gasteiger partial charge >= 0.3 is 0 Å². The Balaban J connectivity index is 1.59. The van der Waals surface area contributed by atoms with Gasteiger partial charge in [-0.05, 0) is 67.0 Å². The van der Waals surface area contributed by atoms with Crippen molar-refractivity contribution in [3.63, 3.8) is 0 Å². The Morgan fingerprint density at radius 2 is 1.82 bits per heavy atom. The first kappa shape index (κ1) is 23.7. The van der Waals surface area contributed by atoms with E-state index >= 15 is 0 Å². The number of rotatable bonds is 7. The predicted octanol–water partition coefficient (Wildman–Crippen LogP) is 3.48. The smallest absolute Gasteiger partial charge is 0.255 e. The third-order valence-electron chi connectivity index (χ3n) is 6.51. The van der Waals surface area contributed by atoms with Crippen LogP contribution in [-0.4, -0.2) is 52.0 Å². The van der Waals surface area contributed by atoms with Crippen LogP contribution in [0.3, 0.4) is 0 Å². The highest BCUT2D eigenvalue weighted by Crippen LogP contribution is 2.28. The number of fused-ring (bicyclic) bond motifs is 1. The molecule has 2 aliphatic rings. The van der Waals surface area contributed by atoms with Crippen LogP contribution in [0.15, 0.2) is 41.3 Å². The maximum Gasteiger partial charge on any atom is 0.255 e. The van der Waals surface area contributed by atoms with Gasteiger partial charge in [0, 0.05) is 13.1 Å². The first-order valence-corrected chi connectivity index (χ1v) is 13.1. The molecular weight excluding hydrogens is 440 g/mol. The summed E-state index contributed by atoms with van der Waals surface area (Å²) in [7, 11) is -2.25. The Kier molecular flexibility index (Phi) is 7.36. The maximum atomic E-state index is 13.3. The standard InChI is InChI=1S/C25H32N2O5S/c1-3-23(20-9-8-18-6-4-5-7-19(18)16-20)26-25(28)22-17-21(10-11-24(22)31-2)33(29,30)27-12-14-32-15-13-27/h8-11,16-17,23H,3-7,12-15H2,1-2H3,(H,26,28). The number of hydrogen-bond acceptors (Lipinski definition) is 5. The molecule has 33 heavy (non-hydrogen) atoms. The molecule has 1 aliphatic heterocycles. The zero-order valence-electron chi connectivity index (χ0n) is 19.3. The van der Waals surface area contributed by atoms with E-state index in [9.17, 15) is 13.2 Å². The highest BCUT2D eigenvalue weighted by molar-refractivity contribution is 7.89. The van der Waals surface area contributed by atoms with Crippen molar-refractivity contribution in [3.05, 3.63) is 58.7 Å². The summed E-state index contributed by atoms with van der Waals surface area (Å²) in [4.78, 5) is 13.4. The number of benzene rings is 2. The van der Waals surface area contributed by atoms with Crippen molar-refractivity contribution in [3.8, 4) is 5.75 Å². The highest BCUT2D eigenvalue weighted by Gasteiger charge is 2.28. The Labute approximate surface area is 196 Å². The molecule has 178 valence electrons. The van der Waals surface area contributed by atoms with Gasteiger partial charge < -0.3 is 14.8 Å². The Morgan fingerprint density at radius 1 is 1.09 bits per heavy atom. The van der Waals surface area contributed by atoms with Gasteiger partial charge in [0.05, 0.1) is 36.8 Å². The van der Waals surface area contributed by atoms with Gasteiger partial charge in [0.25, 0.3) is 5.91 Å². The number of methoxy groups -OCH3 is 1. The lowest BCUT2D eigenvalue weighted by molar-refractivity contribution is 0.0730. The highest BCUT2D eigenvalue weighted by atomic mass is 32.2. The van der Waals surface area contributed by atoms with Crippen molar-refractivity contribution >= 4 is 15.9 Å². The second-order valence-corrected chi connectivity index (χ2v) is 10.5. The Bertz CT molecular complexity index is 1110. The van der Waals surface area contributed by atoms with Gasteiger partial charge in [0.1, 0.15) is 5.75 Å². The fourth-order valence-electron chi connectivity index (χ4n) is 4.59. The lowest BCUT2D eigenvalue weighted by Gasteiger charge is -2.26. The van der Waals surface area contributed by atoms with Crippen LogP contribution in [0.5, 0.6) is 5.75 Å². The minimum atomic E-state index is -3.72. The molecule has 0 spiro atoms. The van der Waals surface area contributed by atoms with Crippen LogP contribution in [0.1, 0.15) is 59.3 Å². The summed E-state index contributed by atoms with van der Waals surface area (Å²) in [5.74, 6) is -0.0100. The first-order chi connectivity index (χ1) is 15.9. The summed E-state index contributed by atoms with van der Waals surface area (Å²) < 4.78 is 38.2. The van der Waals surface area contributed by atoms with E-state index in [1.54, 1.807) is 6.07 Å². The summed E-state index contributed by atoms with van der Waals surface area (Å²) in [5, 5.41) is 3.09. The number of aryl methyl sites for hydroxylation is 2. The molecule has 1 unspecified atom stereocenters. The monoisotopic (exact) mass is 472 g/mol. The molecule has 1 N–H and O–H groups in total. The minimum Gasteiger partial charge on any atom is -0.496 e. The second kappa shape index (κ2) is 10.2. The van der Waals surface area contributed by atoms with Gasteiger partial charge in [0.15, 0.2) is 0 Å². The van der Waals surface area contributed by atoms with Gasteiger partial charge in [-0.2, -0.15) is 4.31 Å². The van der Waals surface area contributed by atoms with Crippen molar-refractivity contribution < 1.29 is 22.7 Å². The molecule has 8 heteroatoms. The van der Waals surface area contributed by atoms with Crippen LogP contribution in [0.25, 0.3) is 0 Å². The molecule has 7 nitrogen and oxygen atoms in total. The molecule has 1 atom stereocenters. The van der Waals surface area contributed by atoms with E-state index in [0.717, 1.165) is 24.8 Å². The van der Waals surface area contributed by atoms with E-state index in [1.165, 1.54) is 47.5 Å². The van der Waals surface area contributed by atoms with Crippen molar-refractivity contribution in [2.45, 2.75) is 50.0 Å². The number of amides is 1. The van der Waals surface area contributed by atoms with E-state index in [1.807, 2.05) is 6.92 Å². The predicted molar refractivity (Wildman–Crippen MR) is 126 cm³/mol. The zero-order chi connectivity index (χ0) is 23.4. The van der Waals surface area contributed by atoms with Crippen LogP contribution in [-0.2, 0) is 27.6 Å². The number of carbonyl (C=O) groups is 1. The van der Waals surface area contributed by atoms with Crippen LogP contribution >= 0.6 is 0 Å². The lowest BCUT2D eigenvalue weighted by Crippen LogP contribution is -2.40. The van der Waals surface area contributed by atoms with Crippen LogP contribution in [0, 0.1) is 0 Å². The summed E-state index contributed by atoms with van der Waals surface area (Å²) in [6, 6.07) is 10.7. The van der Waals surface area contributed by atoms with Crippen LogP contribution in [0.4, 0.5) is 0 Å². The Hall–Kier alpha value is -2.42. The second-order valence-electron chi connectivity index (χ2n) is 8.55. The van der Waals surface area contributed by atoms with E-state index in [0.29, 0.717) is 32.1 Å². The van der Waals surface area contributed by atoms with Crippen LogP contribution < -0.4 is 10.1 Å². The topological polar surface area (TPSA) is 84.9 Å². The van der Waals surface area contributed by atoms with Gasteiger partial charge in [-0.1, -0.05) is 25.1 Å². The average molecular weight is 473 g/mol. The summed E-state index contributed by atoms with van der Waals surface area (Å²) >= 11 is 0. The quantitative estimate of drug-likeness (QED) is 0.667. The molecule has 0 saturated carbocycles. The Morgan fingerprint density at radius 3 is 2.52 bits per heavy atom. The summed E-state index contributed by atoms with van der Waals surface area (Å²) in [6.45, 7) is 3.35. The van der Waals surface area contributed by atoms with E-state index in [-0.39, 0.29) is 22.4 Å². The summed E-state index contributed by atoms with van der Waals surface area (Å²) in [5.41, 5.74) is 4.04. The van der Waals surface area contributed by atoms with Crippen molar-refractivity contribution in [1.29, 1.82) is 0 Å². The molecule has 1 heterocycles. The third-order valence-corrected chi connectivity index (χ3v) is 8.41. The number of sulfonamides is 1. The normalized spacial score (nSPS) is 17.8. The maximum absolute atomic E-state index is 13.3. The van der Waals surface area contributed by atoms with Crippen molar-refractivity contribution in [1.82, 2.24) is 9.62 Å². The van der Waals surface area contributed by atoms with Crippen LogP contribution in [0.2, 0.25) is 0 Å². The molecule has 1 saturated heterocycles. The molecule has 1 aliphatic carbocycles. The zero-order valence-corrected chi connectivity index (χ0v) is 20.1. The van der Waals surface area contributed by atoms with E-state index < -0.39 is 10.0 Å². The minimum absolute atomic E-state index is 0.0807. The summed E-state index contributed by atoms with van der Waals surface area (Å²) in [6.07, 6.45) is 5.33. The molecule has 0 radical (unpaired) electrons. The average Bonchev–Trinajstić information content (AvgIpc) is 2.86. The number of hydrogen-bond donors (Lipinski definition) is 1. The molecule has 2 aromatic rings. The number of ether oxygens (including phenoxy) is 2. The molecule has 2 aromatic carbocycles. The lowest BCUT2D eigenvalue weighted by atomic mass is 9.88. The number of nitrogens with one attached hydrogen (secondary N) is 1. The fourth-order valence-corrected chi connectivity index (χ4v) is 6.02. The first-order valence-electron chi connectivity index (χ1n) is 11.6. The molecule has 4 rings (SSSR count). The number of morpholine rings is 1. The molecule has 1 amide bonds. The molecular formula is C25H32N2O5S. The van der Waals surface area contributed by atoms with Gasteiger partial charge in [0.2, 0.25) is 10.0 Å². The van der Waals surface area contributed by atoms with Crippen molar-refractivity contribution in [2.24, 2.45) is 0 Å². The van der Waals surface area contributed by atoms with E-state index in [4.69, 9.17) is 9.47 Å². The van der Waals surface area contributed by atoms with Gasteiger partial charge in [-0.3, -0.25) is 4.79 Å².